The Morgan fingerprint density at radius 1 is 1.42 bits per heavy atom. The number of aromatic nitrogens is 1. The van der Waals surface area contributed by atoms with Crippen molar-refractivity contribution < 1.29 is 14.3 Å². The van der Waals surface area contributed by atoms with Crippen molar-refractivity contribution in [2.45, 2.75) is 18.9 Å². The number of hydrogen-bond acceptors (Lipinski definition) is 5. The number of methoxy groups -OCH3 is 1. The maximum Gasteiger partial charge on any atom is 0.269 e. The number of carbonyl (C=O) groups excluding carboxylic acids is 2. The lowest BCUT2D eigenvalue weighted by Gasteiger charge is -2.33. The molecule has 1 aromatic rings. The fourth-order valence-corrected chi connectivity index (χ4v) is 2.67. The van der Waals surface area contributed by atoms with E-state index in [-0.39, 0.29) is 30.8 Å². The van der Waals surface area contributed by atoms with Gasteiger partial charge in [-0.05, 0) is 30.9 Å². The highest BCUT2D eigenvalue weighted by Gasteiger charge is 2.26. The van der Waals surface area contributed by atoms with Gasteiger partial charge in [-0.15, -0.1) is 12.4 Å². The van der Waals surface area contributed by atoms with Crippen molar-refractivity contribution in [1.82, 2.24) is 15.2 Å². The van der Waals surface area contributed by atoms with Gasteiger partial charge in [-0.2, -0.15) is 0 Å². The summed E-state index contributed by atoms with van der Waals surface area (Å²) in [6.45, 7) is 2.17. The van der Waals surface area contributed by atoms with Crippen LogP contribution in [0.4, 0.5) is 0 Å². The normalized spacial score (nSPS) is 16.2. The van der Waals surface area contributed by atoms with Crippen LogP contribution in [-0.2, 0) is 9.53 Å². The van der Waals surface area contributed by atoms with Gasteiger partial charge in [0.2, 0.25) is 5.91 Å². The molecule has 0 spiro atoms. The monoisotopic (exact) mass is 356 g/mol. The Morgan fingerprint density at radius 2 is 2.12 bits per heavy atom. The fraction of sp³-hybridized carbons (Fsp3) is 0.562. The molecule has 1 aliphatic rings. The van der Waals surface area contributed by atoms with Crippen LogP contribution in [-0.4, -0.2) is 61.1 Å². The molecule has 0 aromatic carbocycles. The number of halogens is 1. The number of ether oxygens (including phenoxy) is 1. The molecule has 2 rings (SSSR count). The lowest BCUT2D eigenvalue weighted by Crippen LogP contribution is -2.49. The van der Waals surface area contributed by atoms with Gasteiger partial charge in [0.05, 0.1) is 6.61 Å². The van der Waals surface area contributed by atoms with E-state index in [9.17, 15) is 9.59 Å². The summed E-state index contributed by atoms with van der Waals surface area (Å²) >= 11 is 0. The number of amides is 2. The molecule has 1 unspecified atom stereocenters. The first kappa shape index (κ1) is 20.3. The summed E-state index contributed by atoms with van der Waals surface area (Å²) in [5.41, 5.74) is 6.20. The summed E-state index contributed by atoms with van der Waals surface area (Å²) in [6, 6.07) is 4.65. The zero-order chi connectivity index (χ0) is 16.7. The topological polar surface area (TPSA) is 97.5 Å². The Bertz CT molecular complexity index is 521. The van der Waals surface area contributed by atoms with Crippen molar-refractivity contribution in [3.05, 3.63) is 30.1 Å². The second kappa shape index (κ2) is 10.2. The van der Waals surface area contributed by atoms with Gasteiger partial charge in [-0.3, -0.25) is 14.6 Å². The second-order valence-electron chi connectivity index (χ2n) is 5.76. The van der Waals surface area contributed by atoms with Crippen LogP contribution in [0.5, 0.6) is 0 Å². The van der Waals surface area contributed by atoms with Crippen LogP contribution in [0.25, 0.3) is 0 Å². The lowest BCUT2D eigenvalue weighted by atomic mass is 9.96. The van der Waals surface area contributed by atoms with Crippen LogP contribution in [0.3, 0.4) is 0 Å². The number of nitrogens with zero attached hydrogens (tertiary/aromatic N) is 2. The number of nitrogens with two attached hydrogens (primary N) is 1. The Balaban J connectivity index is 0.00000288. The van der Waals surface area contributed by atoms with E-state index in [0.717, 1.165) is 12.8 Å². The number of likely N-dealkylation sites (tertiary alicyclic amines) is 1. The largest absolute Gasteiger partial charge is 0.383 e. The highest BCUT2D eigenvalue weighted by molar-refractivity contribution is 5.92. The predicted molar refractivity (Wildman–Crippen MR) is 93.0 cm³/mol. The summed E-state index contributed by atoms with van der Waals surface area (Å²) in [6.07, 6.45) is 3.31. The number of pyridine rings is 1. The van der Waals surface area contributed by atoms with E-state index in [1.165, 1.54) is 7.11 Å². The van der Waals surface area contributed by atoms with Gasteiger partial charge in [0.15, 0.2) is 0 Å². The number of nitrogens with one attached hydrogen (secondary N) is 1. The summed E-state index contributed by atoms with van der Waals surface area (Å²) in [5, 5.41) is 2.91. The predicted octanol–water partition coefficient (Wildman–Crippen LogP) is 0.446. The molecular formula is C16H25ClN4O3. The van der Waals surface area contributed by atoms with Crippen molar-refractivity contribution in [1.29, 1.82) is 0 Å². The van der Waals surface area contributed by atoms with Gasteiger partial charge in [-0.25, -0.2) is 0 Å². The van der Waals surface area contributed by atoms with Crippen molar-refractivity contribution >= 4 is 24.2 Å². The highest BCUT2D eigenvalue weighted by atomic mass is 35.5. The van der Waals surface area contributed by atoms with E-state index < -0.39 is 6.04 Å². The van der Waals surface area contributed by atoms with Gasteiger partial charge in [0, 0.05) is 32.9 Å². The average molecular weight is 357 g/mol. The van der Waals surface area contributed by atoms with Crippen molar-refractivity contribution in [3.8, 4) is 0 Å². The first-order valence-corrected chi connectivity index (χ1v) is 7.84. The van der Waals surface area contributed by atoms with E-state index in [1.54, 1.807) is 29.3 Å². The third kappa shape index (κ3) is 5.74. The molecule has 1 fully saturated rings. The molecule has 24 heavy (non-hydrogen) atoms. The zero-order valence-corrected chi connectivity index (χ0v) is 14.6. The van der Waals surface area contributed by atoms with Crippen LogP contribution >= 0.6 is 12.4 Å². The quantitative estimate of drug-likeness (QED) is 0.771. The van der Waals surface area contributed by atoms with Crippen molar-refractivity contribution in [2.75, 3.05) is 33.4 Å². The minimum atomic E-state index is -0.597. The third-order valence-electron chi connectivity index (χ3n) is 4.04. The van der Waals surface area contributed by atoms with E-state index >= 15 is 0 Å². The van der Waals surface area contributed by atoms with Crippen LogP contribution in [0.15, 0.2) is 24.4 Å². The van der Waals surface area contributed by atoms with Gasteiger partial charge in [0.1, 0.15) is 11.7 Å². The fourth-order valence-electron chi connectivity index (χ4n) is 2.67. The highest BCUT2D eigenvalue weighted by Crippen LogP contribution is 2.17. The Kier molecular flexibility index (Phi) is 8.67. The molecule has 0 aliphatic carbocycles. The molecule has 1 aromatic heterocycles. The molecule has 0 bridgehead atoms. The lowest BCUT2D eigenvalue weighted by molar-refractivity contribution is -0.135. The minimum absolute atomic E-state index is 0. The minimum Gasteiger partial charge on any atom is -0.383 e. The van der Waals surface area contributed by atoms with Gasteiger partial charge in [0.25, 0.3) is 5.91 Å². The number of carbonyl (C=O) groups is 2. The van der Waals surface area contributed by atoms with Crippen molar-refractivity contribution in [2.24, 2.45) is 11.7 Å². The smallest absolute Gasteiger partial charge is 0.269 e. The summed E-state index contributed by atoms with van der Waals surface area (Å²) in [5.74, 6) is 0.138. The molecule has 8 heteroatoms. The Morgan fingerprint density at radius 3 is 2.71 bits per heavy atom. The maximum atomic E-state index is 12.1. The van der Waals surface area contributed by atoms with Crippen LogP contribution in [0.1, 0.15) is 23.3 Å². The molecule has 0 radical (unpaired) electrons. The molecule has 1 atom stereocenters. The molecule has 1 aliphatic heterocycles. The first-order valence-electron chi connectivity index (χ1n) is 7.84. The van der Waals surface area contributed by atoms with Crippen LogP contribution < -0.4 is 11.1 Å². The van der Waals surface area contributed by atoms with Crippen LogP contribution in [0, 0.1) is 5.92 Å². The van der Waals surface area contributed by atoms with Crippen molar-refractivity contribution in [3.63, 3.8) is 0 Å². The number of hydrogen-bond donors (Lipinski definition) is 2. The standard InChI is InChI=1S/C16H24N4O3.ClH/c1-23-11-13(17)16(22)20-8-5-12(6-9-20)10-19-15(21)14-4-2-3-7-18-14;/h2-4,7,12-13H,5-6,8-11,17H2,1H3,(H,19,21);1H. The van der Waals surface area contributed by atoms with E-state index in [1.807, 2.05) is 0 Å². The van der Waals surface area contributed by atoms with E-state index in [0.29, 0.717) is 31.2 Å². The molecule has 0 saturated carbocycles. The zero-order valence-electron chi connectivity index (χ0n) is 13.8. The molecule has 1 saturated heterocycles. The summed E-state index contributed by atoms with van der Waals surface area (Å²) < 4.78 is 4.92. The van der Waals surface area contributed by atoms with Gasteiger partial charge >= 0.3 is 0 Å². The van der Waals surface area contributed by atoms with E-state index in [2.05, 4.69) is 10.3 Å². The average Bonchev–Trinajstić information content (AvgIpc) is 2.60. The van der Waals surface area contributed by atoms with Crippen LogP contribution in [0.2, 0.25) is 0 Å². The maximum absolute atomic E-state index is 12.1. The SMILES string of the molecule is COCC(N)C(=O)N1CCC(CNC(=O)c2ccccn2)CC1.Cl. The first-order chi connectivity index (χ1) is 11.1. The molecule has 134 valence electrons. The number of rotatable bonds is 6. The molecule has 2 heterocycles. The summed E-state index contributed by atoms with van der Waals surface area (Å²) in [7, 11) is 1.53. The Hall–Kier alpha value is -1.70. The molecule has 7 nitrogen and oxygen atoms in total. The molecule has 3 N–H and O–H groups in total. The summed E-state index contributed by atoms with van der Waals surface area (Å²) in [4.78, 5) is 29.8. The van der Waals surface area contributed by atoms with E-state index in [4.69, 9.17) is 10.5 Å². The number of piperidine rings is 1. The van der Waals surface area contributed by atoms with Gasteiger partial charge < -0.3 is 20.7 Å². The second-order valence-corrected chi connectivity index (χ2v) is 5.76. The third-order valence-corrected chi connectivity index (χ3v) is 4.04. The Labute approximate surface area is 148 Å². The molecule has 2 amide bonds. The molecular weight excluding hydrogens is 332 g/mol. The van der Waals surface area contributed by atoms with Gasteiger partial charge in [-0.1, -0.05) is 6.07 Å².